The summed E-state index contributed by atoms with van der Waals surface area (Å²) >= 11 is 6.28. The predicted molar refractivity (Wildman–Crippen MR) is 106 cm³/mol. The van der Waals surface area contributed by atoms with Crippen molar-refractivity contribution in [2.24, 2.45) is 5.92 Å². The van der Waals surface area contributed by atoms with Crippen molar-refractivity contribution in [1.82, 2.24) is 4.57 Å². The van der Waals surface area contributed by atoms with E-state index >= 15 is 0 Å². The van der Waals surface area contributed by atoms with Gasteiger partial charge in [0.1, 0.15) is 0 Å². The Morgan fingerprint density at radius 2 is 1.75 bits per heavy atom. The SMILES string of the molecule is O=C(CC1CCCCCC1)Nc1cn(C(C(=O)O)C(=O)O)c2cccc(Cl)c12. The number of aromatic nitrogens is 1. The van der Waals surface area contributed by atoms with E-state index in [1.54, 1.807) is 18.2 Å². The summed E-state index contributed by atoms with van der Waals surface area (Å²) in [5, 5.41) is 22.2. The molecule has 1 aromatic heterocycles. The second kappa shape index (κ2) is 8.65. The Morgan fingerprint density at radius 3 is 2.36 bits per heavy atom. The zero-order chi connectivity index (χ0) is 20.3. The van der Waals surface area contributed by atoms with Gasteiger partial charge in [0.15, 0.2) is 0 Å². The highest BCUT2D eigenvalue weighted by atomic mass is 35.5. The summed E-state index contributed by atoms with van der Waals surface area (Å²) in [6.45, 7) is 0. The number of anilines is 1. The highest BCUT2D eigenvalue weighted by Gasteiger charge is 2.30. The van der Waals surface area contributed by atoms with Gasteiger partial charge >= 0.3 is 11.9 Å². The van der Waals surface area contributed by atoms with Crippen LogP contribution in [0.1, 0.15) is 51.0 Å². The molecule has 0 aliphatic heterocycles. The van der Waals surface area contributed by atoms with Crippen LogP contribution in [0.4, 0.5) is 5.69 Å². The van der Waals surface area contributed by atoms with E-state index in [2.05, 4.69) is 5.32 Å². The van der Waals surface area contributed by atoms with Crippen LogP contribution in [-0.2, 0) is 14.4 Å². The van der Waals surface area contributed by atoms with Crippen LogP contribution in [0.25, 0.3) is 10.9 Å². The summed E-state index contributed by atoms with van der Waals surface area (Å²) in [5.74, 6) is -2.84. The lowest BCUT2D eigenvalue weighted by atomic mass is 9.96. The van der Waals surface area contributed by atoms with E-state index in [4.69, 9.17) is 11.6 Å². The van der Waals surface area contributed by atoms with Gasteiger partial charge in [0.25, 0.3) is 0 Å². The molecule has 1 aliphatic rings. The average Bonchev–Trinajstić information content (AvgIpc) is 2.79. The highest BCUT2D eigenvalue weighted by Crippen LogP contribution is 2.35. The summed E-state index contributed by atoms with van der Waals surface area (Å²) in [6.07, 6.45) is 8.43. The topological polar surface area (TPSA) is 109 Å². The second-order valence-corrected chi connectivity index (χ2v) is 7.68. The maximum absolute atomic E-state index is 12.6. The molecule has 0 atom stereocenters. The molecule has 0 unspecified atom stereocenters. The van der Waals surface area contributed by atoms with E-state index < -0.39 is 18.0 Å². The fourth-order valence-electron chi connectivity index (χ4n) is 3.95. The molecule has 8 heteroatoms. The lowest BCUT2D eigenvalue weighted by Gasteiger charge is -2.13. The van der Waals surface area contributed by atoms with Crippen molar-refractivity contribution in [3.8, 4) is 0 Å². The molecule has 0 radical (unpaired) electrons. The maximum Gasteiger partial charge on any atom is 0.338 e. The summed E-state index contributed by atoms with van der Waals surface area (Å²) in [6, 6.07) is 3.00. The van der Waals surface area contributed by atoms with Crippen LogP contribution < -0.4 is 5.32 Å². The molecule has 1 heterocycles. The van der Waals surface area contributed by atoms with Crippen LogP contribution in [-0.4, -0.2) is 32.6 Å². The molecular weight excluding hydrogens is 384 g/mol. The van der Waals surface area contributed by atoms with Crippen LogP contribution >= 0.6 is 11.6 Å². The first-order valence-corrected chi connectivity index (χ1v) is 9.80. The Hall–Kier alpha value is -2.54. The summed E-state index contributed by atoms with van der Waals surface area (Å²) in [4.78, 5) is 35.5. The molecule has 0 spiro atoms. The molecule has 0 bridgehead atoms. The minimum atomic E-state index is -1.81. The first-order chi connectivity index (χ1) is 13.4. The number of benzene rings is 1. The third-order valence-corrected chi connectivity index (χ3v) is 5.59. The first-order valence-electron chi connectivity index (χ1n) is 9.43. The molecule has 28 heavy (non-hydrogen) atoms. The van der Waals surface area contributed by atoms with Gasteiger partial charge in [0.2, 0.25) is 11.9 Å². The Morgan fingerprint density at radius 1 is 1.11 bits per heavy atom. The number of carboxylic acid groups (broad SMARTS) is 2. The van der Waals surface area contributed by atoms with E-state index in [0.717, 1.165) is 30.3 Å². The molecule has 7 nitrogen and oxygen atoms in total. The number of carboxylic acids is 2. The number of rotatable bonds is 6. The Labute approximate surface area is 167 Å². The minimum absolute atomic E-state index is 0.173. The van der Waals surface area contributed by atoms with Crippen LogP contribution in [0.3, 0.4) is 0 Å². The fourth-order valence-corrected chi connectivity index (χ4v) is 4.22. The van der Waals surface area contributed by atoms with Crippen molar-refractivity contribution in [2.75, 3.05) is 5.32 Å². The summed E-state index contributed by atoms with van der Waals surface area (Å²) in [7, 11) is 0. The van der Waals surface area contributed by atoms with Crippen LogP contribution in [0.2, 0.25) is 5.02 Å². The van der Waals surface area contributed by atoms with Crippen LogP contribution in [0.5, 0.6) is 0 Å². The fraction of sp³-hybridized carbons (Fsp3) is 0.450. The van der Waals surface area contributed by atoms with Gasteiger partial charge in [0.05, 0.1) is 16.2 Å². The molecule has 3 N–H and O–H groups in total. The van der Waals surface area contributed by atoms with Gasteiger partial charge in [-0.15, -0.1) is 0 Å². The monoisotopic (exact) mass is 406 g/mol. The van der Waals surface area contributed by atoms with Gasteiger partial charge in [0, 0.05) is 18.0 Å². The van der Waals surface area contributed by atoms with Gasteiger partial charge in [-0.05, 0) is 30.9 Å². The Bertz CT molecular complexity index is 885. The van der Waals surface area contributed by atoms with Crippen LogP contribution in [0, 0.1) is 5.92 Å². The minimum Gasteiger partial charge on any atom is -0.479 e. The number of halogens is 1. The van der Waals surface area contributed by atoms with Crippen molar-refractivity contribution >= 4 is 46.0 Å². The molecule has 1 aromatic carbocycles. The van der Waals surface area contributed by atoms with E-state index in [-0.39, 0.29) is 5.91 Å². The molecule has 1 fully saturated rings. The number of fused-ring (bicyclic) bond motifs is 1. The number of amides is 1. The average molecular weight is 407 g/mol. The second-order valence-electron chi connectivity index (χ2n) is 7.27. The lowest BCUT2D eigenvalue weighted by Crippen LogP contribution is -2.26. The number of hydrogen-bond donors (Lipinski definition) is 3. The number of hydrogen-bond acceptors (Lipinski definition) is 3. The Kier molecular flexibility index (Phi) is 6.24. The molecule has 1 amide bonds. The van der Waals surface area contributed by atoms with Gasteiger partial charge in [-0.25, -0.2) is 9.59 Å². The van der Waals surface area contributed by atoms with Gasteiger partial charge in [-0.3, -0.25) is 4.79 Å². The van der Waals surface area contributed by atoms with Crippen molar-refractivity contribution < 1.29 is 24.6 Å². The van der Waals surface area contributed by atoms with E-state index in [1.807, 2.05) is 0 Å². The smallest absolute Gasteiger partial charge is 0.338 e. The molecular formula is C20H23ClN2O5. The standard InChI is InChI=1S/C20H23ClN2O5/c21-13-8-5-9-15-17(13)14(11-23(15)18(19(25)26)20(27)28)22-16(24)10-12-6-3-1-2-4-7-12/h5,8-9,11-12,18H,1-4,6-7,10H2,(H,22,24)(H,25,26)(H,27,28). The Balaban J connectivity index is 1.91. The molecule has 1 saturated carbocycles. The van der Waals surface area contributed by atoms with Crippen molar-refractivity contribution in [1.29, 1.82) is 0 Å². The number of carbonyl (C=O) groups excluding carboxylic acids is 1. The number of aliphatic carboxylic acids is 2. The summed E-state index contributed by atoms with van der Waals surface area (Å²) < 4.78 is 1.12. The van der Waals surface area contributed by atoms with Crippen molar-refractivity contribution in [3.63, 3.8) is 0 Å². The number of nitrogens with zero attached hydrogens (tertiary/aromatic N) is 1. The van der Waals surface area contributed by atoms with Gasteiger partial charge in [-0.1, -0.05) is 43.4 Å². The quantitative estimate of drug-likeness (QED) is 0.489. The molecule has 3 rings (SSSR count). The van der Waals surface area contributed by atoms with Gasteiger partial charge < -0.3 is 20.1 Å². The third-order valence-electron chi connectivity index (χ3n) is 5.28. The molecule has 0 saturated heterocycles. The van der Waals surface area contributed by atoms with Crippen molar-refractivity contribution in [3.05, 3.63) is 29.4 Å². The van der Waals surface area contributed by atoms with E-state index in [0.29, 0.717) is 34.0 Å². The number of carbonyl (C=O) groups is 3. The van der Waals surface area contributed by atoms with E-state index in [9.17, 15) is 24.6 Å². The van der Waals surface area contributed by atoms with E-state index in [1.165, 1.54) is 19.0 Å². The normalized spacial score (nSPS) is 15.5. The molecule has 2 aromatic rings. The van der Waals surface area contributed by atoms with Gasteiger partial charge in [-0.2, -0.15) is 0 Å². The van der Waals surface area contributed by atoms with Crippen LogP contribution in [0.15, 0.2) is 24.4 Å². The molecule has 1 aliphatic carbocycles. The zero-order valence-electron chi connectivity index (χ0n) is 15.4. The highest BCUT2D eigenvalue weighted by molar-refractivity contribution is 6.37. The van der Waals surface area contributed by atoms with Crippen molar-refractivity contribution in [2.45, 2.75) is 51.0 Å². The molecule has 150 valence electrons. The largest absolute Gasteiger partial charge is 0.479 e. The summed E-state index contributed by atoms with van der Waals surface area (Å²) in [5.41, 5.74) is 0.666. The third kappa shape index (κ3) is 4.30. The maximum atomic E-state index is 12.6. The zero-order valence-corrected chi connectivity index (χ0v) is 16.1. The lowest BCUT2D eigenvalue weighted by molar-refractivity contribution is -0.153. The predicted octanol–water partition coefficient (Wildman–Crippen LogP) is 4.30. The number of nitrogens with one attached hydrogen (secondary N) is 1. The first kappa shape index (κ1) is 20.2.